The predicted octanol–water partition coefficient (Wildman–Crippen LogP) is 1.96. The van der Waals surface area contributed by atoms with Crippen molar-refractivity contribution in [2.75, 3.05) is 11.9 Å². The Labute approximate surface area is 118 Å². The number of hydrogen-bond acceptors (Lipinski definition) is 4. The molecule has 1 fully saturated rings. The van der Waals surface area contributed by atoms with Gasteiger partial charge in [-0.15, -0.1) is 0 Å². The Hall–Kier alpha value is -1.21. The fraction of sp³-hybridized carbons (Fsp3) is 0.500. The van der Waals surface area contributed by atoms with Crippen LogP contribution in [0.3, 0.4) is 0 Å². The standard InChI is InChI=1S/C12H15BrFN3O2/c13-8-2-4-16-10(9(8)18)17-11(19)7-1-3-12(14,5-7)6-15/h2,4,7,18H,1,3,5-6,15H2,(H,16,17,19)/t7-,12+/m0/s1. The zero-order chi connectivity index (χ0) is 14.0. The van der Waals surface area contributed by atoms with Crippen molar-refractivity contribution in [1.82, 2.24) is 4.98 Å². The molecule has 1 aliphatic rings. The summed E-state index contributed by atoms with van der Waals surface area (Å²) in [6.45, 7) is -0.0723. The number of amides is 1. The van der Waals surface area contributed by atoms with E-state index in [0.29, 0.717) is 17.3 Å². The van der Waals surface area contributed by atoms with Gasteiger partial charge in [-0.3, -0.25) is 4.79 Å². The Morgan fingerprint density at radius 2 is 2.47 bits per heavy atom. The van der Waals surface area contributed by atoms with E-state index in [4.69, 9.17) is 5.73 Å². The summed E-state index contributed by atoms with van der Waals surface area (Å²) in [4.78, 5) is 15.9. The maximum Gasteiger partial charge on any atom is 0.228 e. The number of aromatic hydroxyl groups is 1. The molecule has 2 atom stereocenters. The minimum Gasteiger partial charge on any atom is -0.503 e. The van der Waals surface area contributed by atoms with Crippen LogP contribution in [0.15, 0.2) is 16.7 Å². The van der Waals surface area contributed by atoms with Crippen LogP contribution < -0.4 is 11.1 Å². The van der Waals surface area contributed by atoms with Crippen LogP contribution in [-0.2, 0) is 4.79 Å². The van der Waals surface area contributed by atoms with E-state index in [1.165, 1.54) is 6.20 Å². The summed E-state index contributed by atoms with van der Waals surface area (Å²) in [7, 11) is 0. The molecule has 0 aliphatic heterocycles. The molecule has 7 heteroatoms. The van der Waals surface area contributed by atoms with Crippen LogP contribution in [0.25, 0.3) is 0 Å². The second-order valence-corrected chi connectivity index (χ2v) is 5.63. The normalized spacial score (nSPS) is 26.4. The van der Waals surface area contributed by atoms with E-state index in [-0.39, 0.29) is 30.4 Å². The number of hydrogen-bond donors (Lipinski definition) is 3. The first kappa shape index (κ1) is 14.2. The Morgan fingerprint density at radius 1 is 1.74 bits per heavy atom. The number of carbonyl (C=O) groups excluding carboxylic acids is 1. The highest BCUT2D eigenvalue weighted by atomic mass is 79.9. The summed E-state index contributed by atoms with van der Waals surface area (Å²) in [5.74, 6) is -0.842. The van der Waals surface area contributed by atoms with Crippen molar-refractivity contribution in [2.24, 2.45) is 11.7 Å². The molecule has 1 aliphatic carbocycles. The average molecular weight is 332 g/mol. The van der Waals surface area contributed by atoms with E-state index in [0.717, 1.165) is 0 Å². The van der Waals surface area contributed by atoms with E-state index in [9.17, 15) is 14.3 Å². The van der Waals surface area contributed by atoms with Gasteiger partial charge in [-0.25, -0.2) is 9.37 Å². The molecule has 0 saturated heterocycles. The van der Waals surface area contributed by atoms with Crippen molar-refractivity contribution in [3.8, 4) is 5.75 Å². The maximum absolute atomic E-state index is 14.0. The third-order valence-corrected chi connectivity index (χ3v) is 4.05. The summed E-state index contributed by atoms with van der Waals surface area (Å²) >= 11 is 3.13. The zero-order valence-corrected chi connectivity index (χ0v) is 11.8. The summed E-state index contributed by atoms with van der Waals surface area (Å²) in [5, 5.41) is 12.2. The monoisotopic (exact) mass is 331 g/mol. The Bertz CT molecular complexity index is 500. The van der Waals surface area contributed by atoms with Crippen molar-refractivity contribution < 1.29 is 14.3 Å². The first-order valence-corrected chi connectivity index (χ1v) is 6.78. The van der Waals surface area contributed by atoms with Crippen LogP contribution in [0.2, 0.25) is 0 Å². The second-order valence-electron chi connectivity index (χ2n) is 4.77. The zero-order valence-electron chi connectivity index (χ0n) is 10.2. The number of pyridine rings is 1. The molecule has 2 rings (SSSR count). The lowest BCUT2D eigenvalue weighted by molar-refractivity contribution is -0.120. The van der Waals surface area contributed by atoms with E-state index in [2.05, 4.69) is 26.2 Å². The lowest BCUT2D eigenvalue weighted by Crippen LogP contribution is -2.31. The van der Waals surface area contributed by atoms with Gasteiger partial charge in [0, 0.05) is 18.7 Å². The number of nitrogens with one attached hydrogen (secondary N) is 1. The molecule has 4 N–H and O–H groups in total. The summed E-state index contributed by atoms with van der Waals surface area (Å²) in [6, 6.07) is 1.56. The van der Waals surface area contributed by atoms with Gasteiger partial charge in [0.2, 0.25) is 5.91 Å². The number of alkyl halides is 1. The summed E-state index contributed by atoms with van der Waals surface area (Å²) < 4.78 is 14.4. The molecule has 0 aromatic carbocycles. The van der Waals surface area contributed by atoms with Crippen molar-refractivity contribution in [3.63, 3.8) is 0 Å². The van der Waals surface area contributed by atoms with E-state index in [1.807, 2.05) is 0 Å². The SMILES string of the molecule is NC[C@@]1(F)CC[C@H](C(=O)Nc2nccc(Br)c2O)C1. The van der Waals surface area contributed by atoms with Gasteiger partial charge in [-0.05, 0) is 41.3 Å². The summed E-state index contributed by atoms with van der Waals surface area (Å²) in [6.07, 6.45) is 2.31. The third-order valence-electron chi connectivity index (χ3n) is 3.41. The molecule has 1 aromatic rings. The Balaban J connectivity index is 2.04. The molecular weight excluding hydrogens is 317 g/mol. The predicted molar refractivity (Wildman–Crippen MR) is 72.5 cm³/mol. The van der Waals surface area contributed by atoms with E-state index in [1.54, 1.807) is 6.07 Å². The van der Waals surface area contributed by atoms with Crippen LogP contribution in [0.5, 0.6) is 5.75 Å². The van der Waals surface area contributed by atoms with Crippen LogP contribution >= 0.6 is 15.9 Å². The molecule has 19 heavy (non-hydrogen) atoms. The molecule has 0 bridgehead atoms. The van der Waals surface area contributed by atoms with Crippen LogP contribution in [0.1, 0.15) is 19.3 Å². The number of anilines is 1. The second kappa shape index (κ2) is 5.42. The fourth-order valence-corrected chi connectivity index (χ4v) is 2.53. The fourth-order valence-electron chi connectivity index (χ4n) is 2.23. The molecule has 1 heterocycles. The van der Waals surface area contributed by atoms with Gasteiger partial charge in [-0.1, -0.05) is 0 Å². The number of nitrogens with two attached hydrogens (primary N) is 1. The number of nitrogens with zero attached hydrogens (tertiary/aromatic N) is 1. The molecule has 1 aromatic heterocycles. The van der Waals surface area contributed by atoms with Gasteiger partial charge < -0.3 is 16.2 Å². The number of carbonyl (C=O) groups is 1. The van der Waals surface area contributed by atoms with Gasteiger partial charge in [0.25, 0.3) is 0 Å². The first-order chi connectivity index (χ1) is 8.95. The lowest BCUT2D eigenvalue weighted by atomic mass is 10.0. The first-order valence-electron chi connectivity index (χ1n) is 5.98. The van der Waals surface area contributed by atoms with Crippen molar-refractivity contribution in [2.45, 2.75) is 24.9 Å². The third kappa shape index (κ3) is 3.03. The minimum absolute atomic E-state index is 0.0723. The van der Waals surface area contributed by atoms with Gasteiger partial charge in [0.15, 0.2) is 11.6 Å². The quantitative estimate of drug-likeness (QED) is 0.789. The molecule has 1 saturated carbocycles. The maximum atomic E-state index is 14.0. The number of halogens is 2. The highest BCUT2D eigenvalue weighted by Crippen LogP contribution is 2.38. The van der Waals surface area contributed by atoms with Crippen molar-refractivity contribution in [3.05, 3.63) is 16.7 Å². The van der Waals surface area contributed by atoms with E-state index >= 15 is 0 Å². The average Bonchev–Trinajstić information content (AvgIpc) is 2.79. The van der Waals surface area contributed by atoms with Crippen molar-refractivity contribution in [1.29, 1.82) is 0 Å². The minimum atomic E-state index is -1.45. The van der Waals surface area contributed by atoms with Gasteiger partial charge in [0.05, 0.1) is 4.47 Å². The molecule has 0 unspecified atom stereocenters. The van der Waals surface area contributed by atoms with Crippen LogP contribution in [-0.4, -0.2) is 28.2 Å². The van der Waals surface area contributed by atoms with Gasteiger partial charge in [-0.2, -0.15) is 0 Å². The smallest absolute Gasteiger partial charge is 0.228 e. The number of rotatable bonds is 3. The Morgan fingerprint density at radius 3 is 3.11 bits per heavy atom. The van der Waals surface area contributed by atoms with E-state index < -0.39 is 11.6 Å². The Kier molecular flexibility index (Phi) is 4.05. The molecule has 0 spiro atoms. The lowest BCUT2D eigenvalue weighted by Gasteiger charge is -2.16. The molecule has 5 nitrogen and oxygen atoms in total. The molecule has 1 amide bonds. The molecule has 0 radical (unpaired) electrons. The van der Waals surface area contributed by atoms with Gasteiger partial charge >= 0.3 is 0 Å². The van der Waals surface area contributed by atoms with Crippen LogP contribution in [0.4, 0.5) is 10.2 Å². The van der Waals surface area contributed by atoms with Crippen LogP contribution in [0, 0.1) is 5.92 Å². The van der Waals surface area contributed by atoms with Gasteiger partial charge in [0.1, 0.15) is 5.67 Å². The molecular formula is C12H15BrFN3O2. The highest BCUT2D eigenvalue weighted by Gasteiger charge is 2.41. The highest BCUT2D eigenvalue weighted by molar-refractivity contribution is 9.10. The summed E-state index contributed by atoms with van der Waals surface area (Å²) in [5.41, 5.74) is 3.91. The topological polar surface area (TPSA) is 88.2 Å². The van der Waals surface area contributed by atoms with Crippen molar-refractivity contribution >= 4 is 27.7 Å². The largest absolute Gasteiger partial charge is 0.503 e. The molecule has 104 valence electrons. The number of aromatic nitrogens is 1.